The van der Waals surface area contributed by atoms with E-state index < -0.39 is 0 Å². The van der Waals surface area contributed by atoms with Gasteiger partial charge in [-0.3, -0.25) is 4.79 Å². The fraction of sp³-hybridized carbons (Fsp3) is 0.333. The lowest BCUT2D eigenvalue weighted by atomic mass is 10.1. The first-order valence-electron chi connectivity index (χ1n) is 6.88. The van der Waals surface area contributed by atoms with Crippen LogP contribution < -0.4 is 11.1 Å². The average Bonchev–Trinajstić information content (AvgIpc) is 3.19. The van der Waals surface area contributed by atoms with Crippen molar-refractivity contribution >= 4 is 5.91 Å². The van der Waals surface area contributed by atoms with Gasteiger partial charge in [-0.1, -0.05) is 6.07 Å². The maximum atomic E-state index is 12.1. The first kappa shape index (κ1) is 12.9. The quantitative estimate of drug-likeness (QED) is 0.861. The zero-order valence-corrected chi connectivity index (χ0v) is 11.2. The van der Waals surface area contributed by atoms with Crippen LogP contribution in [0.1, 0.15) is 23.2 Å². The van der Waals surface area contributed by atoms with E-state index in [9.17, 15) is 4.79 Å². The van der Waals surface area contributed by atoms with Crippen LogP contribution in [0.4, 0.5) is 0 Å². The molecule has 1 aromatic carbocycles. The van der Waals surface area contributed by atoms with E-state index in [1.807, 2.05) is 30.5 Å². The van der Waals surface area contributed by atoms with Crippen LogP contribution in [0.15, 0.2) is 42.7 Å². The number of nitrogens with two attached hydrogens (primary N) is 1. The third-order valence-electron chi connectivity index (χ3n) is 3.60. The Labute approximate surface area is 117 Å². The largest absolute Gasteiger partial charge is 0.350 e. The summed E-state index contributed by atoms with van der Waals surface area (Å²) >= 11 is 0. The number of benzene rings is 1. The van der Waals surface area contributed by atoms with Gasteiger partial charge in [0.1, 0.15) is 0 Å². The van der Waals surface area contributed by atoms with Crippen molar-refractivity contribution in [3.05, 3.63) is 48.3 Å². The molecule has 1 unspecified atom stereocenters. The molecule has 1 fully saturated rings. The highest BCUT2D eigenvalue weighted by Gasteiger charge is 2.28. The summed E-state index contributed by atoms with van der Waals surface area (Å²) in [5.41, 5.74) is 7.48. The van der Waals surface area contributed by atoms with E-state index in [2.05, 4.69) is 10.4 Å². The van der Waals surface area contributed by atoms with Gasteiger partial charge in [0.05, 0.1) is 5.69 Å². The van der Waals surface area contributed by atoms with E-state index in [1.54, 1.807) is 16.9 Å². The Balaban J connectivity index is 1.66. The van der Waals surface area contributed by atoms with Crippen LogP contribution in [-0.2, 0) is 0 Å². The van der Waals surface area contributed by atoms with Crippen LogP contribution >= 0.6 is 0 Å². The Morgan fingerprint density at radius 2 is 2.30 bits per heavy atom. The molecular weight excluding hydrogens is 252 g/mol. The number of carbonyl (C=O) groups is 1. The van der Waals surface area contributed by atoms with Crippen LogP contribution in [-0.4, -0.2) is 28.3 Å². The van der Waals surface area contributed by atoms with Crippen molar-refractivity contribution in [3.8, 4) is 5.69 Å². The molecule has 1 aliphatic rings. The lowest BCUT2D eigenvalue weighted by Crippen LogP contribution is -2.38. The van der Waals surface area contributed by atoms with Gasteiger partial charge in [-0.15, -0.1) is 0 Å². The summed E-state index contributed by atoms with van der Waals surface area (Å²) in [5, 5.41) is 7.06. The van der Waals surface area contributed by atoms with E-state index in [0.29, 0.717) is 18.0 Å². The molecule has 5 heteroatoms. The van der Waals surface area contributed by atoms with Crippen molar-refractivity contribution in [2.75, 3.05) is 6.54 Å². The van der Waals surface area contributed by atoms with Crippen LogP contribution in [0.2, 0.25) is 0 Å². The van der Waals surface area contributed by atoms with Gasteiger partial charge in [-0.25, -0.2) is 4.68 Å². The minimum atomic E-state index is -0.0879. The van der Waals surface area contributed by atoms with Gasteiger partial charge < -0.3 is 11.1 Å². The maximum Gasteiger partial charge on any atom is 0.251 e. The minimum absolute atomic E-state index is 0.0771. The van der Waals surface area contributed by atoms with Gasteiger partial charge >= 0.3 is 0 Å². The lowest BCUT2D eigenvalue weighted by Gasteiger charge is -2.12. The van der Waals surface area contributed by atoms with E-state index in [0.717, 1.165) is 5.69 Å². The fourth-order valence-electron chi connectivity index (χ4n) is 2.21. The fourth-order valence-corrected chi connectivity index (χ4v) is 2.21. The molecule has 20 heavy (non-hydrogen) atoms. The van der Waals surface area contributed by atoms with Crippen LogP contribution in [0.5, 0.6) is 0 Å². The Kier molecular flexibility index (Phi) is 3.52. The summed E-state index contributed by atoms with van der Waals surface area (Å²) < 4.78 is 1.73. The predicted octanol–water partition coefficient (Wildman–Crippen LogP) is 1.34. The number of rotatable bonds is 5. The molecular formula is C15H18N4O. The maximum absolute atomic E-state index is 12.1. The summed E-state index contributed by atoms with van der Waals surface area (Å²) in [4.78, 5) is 12.1. The molecule has 104 valence electrons. The highest BCUT2D eigenvalue weighted by atomic mass is 16.1. The SMILES string of the molecule is NC(CNC(=O)c1cccc(-n2cccn2)c1)C1CC1. The molecule has 0 aliphatic heterocycles. The second-order valence-corrected chi connectivity index (χ2v) is 5.21. The van der Waals surface area contributed by atoms with Gasteiger partial charge in [0.15, 0.2) is 0 Å². The summed E-state index contributed by atoms with van der Waals surface area (Å²) in [6.07, 6.45) is 5.93. The van der Waals surface area contributed by atoms with Crippen LogP contribution in [0.3, 0.4) is 0 Å². The second kappa shape index (κ2) is 5.46. The van der Waals surface area contributed by atoms with Crippen LogP contribution in [0.25, 0.3) is 5.69 Å². The Morgan fingerprint density at radius 1 is 1.45 bits per heavy atom. The molecule has 0 spiro atoms. The number of nitrogens with one attached hydrogen (secondary N) is 1. The van der Waals surface area contributed by atoms with Gasteiger partial charge in [0, 0.05) is 30.5 Å². The zero-order chi connectivity index (χ0) is 13.9. The smallest absolute Gasteiger partial charge is 0.251 e. The van der Waals surface area contributed by atoms with Gasteiger partial charge in [0.2, 0.25) is 0 Å². The van der Waals surface area contributed by atoms with E-state index in [1.165, 1.54) is 12.8 Å². The second-order valence-electron chi connectivity index (χ2n) is 5.21. The molecule has 0 radical (unpaired) electrons. The first-order chi connectivity index (χ1) is 9.74. The number of carbonyl (C=O) groups excluding carboxylic acids is 1. The van der Waals surface area contributed by atoms with Crippen molar-refractivity contribution in [3.63, 3.8) is 0 Å². The molecule has 1 saturated carbocycles. The number of aromatic nitrogens is 2. The van der Waals surface area contributed by atoms with E-state index >= 15 is 0 Å². The molecule has 0 bridgehead atoms. The Morgan fingerprint density at radius 3 is 3.00 bits per heavy atom. The summed E-state index contributed by atoms with van der Waals surface area (Å²) in [5.74, 6) is 0.501. The standard InChI is InChI=1S/C15H18N4O/c16-14(11-5-6-11)10-17-15(20)12-3-1-4-13(9-12)19-8-2-7-18-19/h1-4,7-9,11,14H,5-6,10,16H2,(H,17,20). The van der Waals surface area contributed by atoms with Gasteiger partial charge in [0.25, 0.3) is 5.91 Å². The zero-order valence-electron chi connectivity index (χ0n) is 11.2. The van der Waals surface area contributed by atoms with Crippen molar-refractivity contribution in [2.45, 2.75) is 18.9 Å². The molecule has 5 nitrogen and oxygen atoms in total. The van der Waals surface area contributed by atoms with Crippen molar-refractivity contribution < 1.29 is 4.79 Å². The Hall–Kier alpha value is -2.14. The molecule has 3 rings (SSSR count). The number of hydrogen-bond acceptors (Lipinski definition) is 3. The Bertz CT molecular complexity index is 590. The normalized spacial score (nSPS) is 15.8. The van der Waals surface area contributed by atoms with Crippen LogP contribution in [0, 0.1) is 5.92 Å². The summed E-state index contributed by atoms with van der Waals surface area (Å²) in [6, 6.07) is 9.32. The highest BCUT2D eigenvalue weighted by molar-refractivity contribution is 5.94. The molecule has 1 amide bonds. The molecule has 3 N–H and O–H groups in total. The van der Waals surface area contributed by atoms with E-state index in [4.69, 9.17) is 5.73 Å². The molecule has 2 aromatic rings. The molecule has 1 atom stereocenters. The summed E-state index contributed by atoms with van der Waals surface area (Å²) in [6.45, 7) is 0.537. The molecule has 1 aliphatic carbocycles. The number of amides is 1. The van der Waals surface area contributed by atoms with E-state index in [-0.39, 0.29) is 11.9 Å². The number of nitrogens with zero attached hydrogens (tertiary/aromatic N) is 2. The minimum Gasteiger partial charge on any atom is -0.350 e. The van der Waals surface area contributed by atoms with Gasteiger partial charge in [-0.2, -0.15) is 5.10 Å². The number of hydrogen-bond donors (Lipinski definition) is 2. The highest BCUT2D eigenvalue weighted by Crippen LogP contribution is 2.31. The topological polar surface area (TPSA) is 72.9 Å². The van der Waals surface area contributed by atoms with Crippen molar-refractivity contribution in [2.24, 2.45) is 11.7 Å². The van der Waals surface area contributed by atoms with Gasteiger partial charge in [-0.05, 0) is 43.0 Å². The molecule has 0 saturated heterocycles. The molecule has 1 aromatic heterocycles. The third kappa shape index (κ3) is 2.88. The predicted molar refractivity (Wildman–Crippen MR) is 76.6 cm³/mol. The monoisotopic (exact) mass is 270 g/mol. The third-order valence-corrected chi connectivity index (χ3v) is 3.60. The summed E-state index contributed by atoms with van der Waals surface area (Å²) in [7, 11) is 0. The van der Waals surface area contributed by atoms with Crippen molar-refractivity contribution in [1.82, 2.24) is 15.1 Å². The average molecular weight is 270 g/mol. The molecule has 1 heterocycles. The lowest BCUT2D eigenvalue weighted by molar-refractivity contribution is 0.0950. The first-order valence-corrected chi connectivity index (χ1v) is 6.88. The van der Waals surface area contributed by atoms with Crippen molar-refractivity contribution in [1.29, 1.82) is 0 Å².